The van der Waals surface area contributed by atoms with Gasteiger partial charge in [0.05, 0.1) is 0 Å². The average molecular weight is 358 g/mol. The molecule has 0 aromatic heterocycles. The van der Waals surface area contributed by atoms with Crippen molar-refractivity contribution < 1.29 is 0 Å². The first-order valence-electron chi connectivity index (χ1n) is 10.5. The van der Waals surface area contributed by atoms with Crippen LogP contribution in [0.15, 0.2) is 0 Å². The highest BCUT2D eigenvalue weighted by molar-refractivity contribution is 4.64. The standard InChI is InChI=1S/C20H47N5/c1-17(2)24-15-19(5)13-22-11-7-9-21-10-8-12-23-14-20(6)16-25-18(3)4/h17-25H,7-16H2,1-6H3. The molecule has 5 nitrogen and oxygen atoms in total. The Labute approximate surface area is 157 Å². The lowest BCUT2D eigenvalue weighted by Crippen LogP contribution is -2.34. The van der Waals surface area contributed by atoms with Crippen LogP contribution in [-0.2, 0) is 0 Å². The molecule has 5 N–H and O–H groups in total. The number of rotatable bonds is 18. The summed E-state index contributed by atoms with van der Waals surface area (Å²) in [5.41, 5.74) is 0. The smallest absolute Gasteiger partial charge is 0.00105 e. The summed E-state index contributed by atoms with van der Waals surface area (Å²) in [4.78, 5) is 0. The summed E-state index contributed by atoms with van der Waals surface area (Å²) < 4.78 is 0. The Bertz CT molecular complexity index is 245. The molecule has 0 fully saturated rings. The Hall–Kier alpha value is -0.200. The predicted octanol–water partition coefficient (Wildman–Crippen LogP) is 1.80. The average Bonchev–Trinajstić information content (AvgIpc) is 2.55. The van der Waals surface area contributed by atoms with E-state index in [4.69, 9.17) is 0 Å². The fourth-order valence-corrected chi connectivity index (χ4v) is 2.52. The van der Waals surface area contributed by atoms with E-state index in [1.807, 2.05) is 0 Å². The van der Waals surface area contributed by atoms with Crippen LogP contribution in [0.1, 0.15) is 54.4 Å². The van der Waals surface area contributed by atoms with Crippen LogP contribution in [0.25, 0.3) is 0 Å². The predicted molar refractivity (Wildman–Crippen MR) is 112 cm³/mol. The molecule has 0 heterocycles. The quantitative estimate of drug-likeness (QED) is 0.242. The molecule has 0 radical (unpaired) electrons. The van der Waals surface area contributed by atoms with Gasteiger partial charge in [0, 0.05) is 12.1 Å². The van der Waals surface area contributed by atoms with E-state index in [9.17, 15) is 0 Å². The third-order valence-electron chi connectivity index (χ3n) is 4.15. The lowest BCUT2D eigenvalue weighted by atomic mass is 10.1. The molecule has 0 aromatic carbocycles. The monoisotopic (exact) mass is 357 g/mol. The zero-order valence-electron chi connectivity index (χ0n) is 17.9. The molecule has 2 unspecified atom stereocenters. The zero-order chi connectivity index (χ0) is 18.9. The lowest BCUT2D eigenvalue weighted by molar-refractivity contribution is 0.441. The molecule has 0 spiro atoms. The van der Waals surface area contributed by atoms with Crippen molar-refractivity contribution in [3.63, 3.8) is 0 Å². The minimum absolute atomic E-state index is 0.584. The van der Waals surface area contributed by atoms with E-state index in [2.05, 4.69) is 68.1 Å². The van der Waals surface area contributed by atoms with Crippen molar-refractivity contribution in [1.29, 1.82) is 0 Å². The van der Waals surface area contributed by atoms with Crippen LogP contribution in [0.3, 0.4) is 0 Å². The van der Waals surface area contributed by atoms with E-state index in [0.29, 0.717) is 23.9 Å². The van der Waals surface area contributed by atoms with Gasteiger partial charge in [0.2, 0.25) is 0 Å². The summed E-state index contributed by atoms with van der Waals surface area (Å²) in [6.45, 7) is 22.2. The summed E-state index contributed by atoms with van der Waals surface area (Å²) in [7, 11) is 0. The summed E-state index contributed by atoms with van der Waals surface area (Å²) in [5, 5.41) is 17.6. The van der Waals surface area contributed by atoms with Gasteiger partial charge in [0.25, 0.3) is 0 Å². The third-order valence-corrected chi connectivity index (χ3v) is 4.15. The van der Waals surface area contributed by atoms with Crippen LogP contribution >= 0.6 is 0 Å². The van der Waals surface area contributed by atoms with E-state index in [1.54, 1.807) is 0 Å². The molecule has 0 aliphatic heterocycles. The Morgan fingerprint density at radius 2 is 0.840 bits per heavy atom. The Morgan fingerprint density at radius 1 is 0.480 bits per heavy atom. The summed E-state index contributed by atoms with van der Waals surface area (Å²) in [6, 6.07) is 1.17. The van der Waals surface area contributed by atoms with Crippen LogP contribution < -0.4 is 26.6 Å². The van der Waals surface area contributed by atoms with Crippen LogP contribution in [0, 0.1) is 11.8 Å². The van der Waals surface area contributed by atoms with Gasteiger partial charge in [-0.15, -0.1) is 0 Å². The van der Waals surface area contributed by atoms with Crippen LogP contribution in [0.4, 0.5) is 0 Å². The maximum absolute atomic E-state index is 3.55. The maximum Gasteiger partial charge on any atom is 0.00105 e. The van der Waals surface area contributed by atoms with Crippen molar-refractivity contribution in [3.8, 4) is 0 Å². The van der Waals surface area contributed by atoms with Crippen molar-refractivity contribution in [3.05, 3.63) is 0 Å². The molecule has 0 saturated heterocycles. The van der Waals surface area contributed by atoms with Gasteiger partial charge in [0.15, 0.2) is 0 Å². The first kappa shape index (κ1) is 24.8. The van der Waals surface area contributed by atoms with Gasteiger partial charge in [-0.25, -0.2) is 0 Å². The highest BCUT2D eigenvalue weighted by Gasteiger charge is 2.03. The van der Waals surface area contributed by atoms with Crippen molar-refractivity contribution in [1.82, 2.24) is 26.6 Å². The van der Waals surface area contributed by atoms with Crippen LogP contribution in [0.2, 0.25) is 0 Å². The molecule has 25 heavy (non-hydrogen) atoms. The van der Waals surface area contributed by atoms with Crippen molar-refractivity contribution in [2.75, 3.05) is 52.4 Å². The third kappa shape index (κ3) is 20.0. The fraction of sp³-hybridized carbons (Fsp3) is 1.00. The number of nitrogens with one attached hydrogen (secondary N) is 5. The second-order valence-electron chi connectivity index (χ2n) is 8.20. The van der Waals surface area contributed by atoms with Gasteiger partial charge in [-0.2, -0.15) is 0 Å². The molecule has 0 rings (SSSR count). The lowest BCUT2D eigenvalue weighted by Gasteiger charge is -2.16. The molecular weight excluding hydrogens is 310 g/mol. The molecule has 5 heteroatoms. The Kier molecular flexibility index (Phi) is 17.1. The molecule has 0 aliphatic carbocycles. The summed E-state index contributed by atoms with van der Waals surface area (Å²) >= 11 is 0. The molecule has 0 saturated carbocycles. The zero-order valence-corrected chi connectivity index (χ0v) is 17.9. The SMILES string of the molecule is CC(CNCCCNCCCNCC(C)CNC(C)C)CNC(C)C. The van der Waals surface area contributed by atoms with Gasteiger partial charge >= 0.3 is 0 Å². The first-order valence-corrected chi connectivity index (χ1v) is 10.5. The minimum Gasteiger partial charge on any atom is -0.317 e. The van der Waals surface area contributed by atoms with Gasteiger partial charge in [-0.3, -0.25) is 0 Å². The summed E-state index contributed by atoms with van der Waals surface area (Å²) in [6.07, 6.45) is 2.41. The molecule has 152 valence electrons. The maximum atomic E-state index is 3.55. The first-order chi connectivity index (χ1) is 11.9. The summed E-state index contributed by atoms with van der Waals surface area (Å²) in [5.74, 6) is 1.39. The Balaban J connectivity index is 3.21. The molecule has 0 bridgehead atoms. The molecule has 0 aliphatic rings. The molecule has 0 amide bonds. The molecular formula is C20H47N5. The van der Waals surface area contributed by atoms with E-state index in [0.717, 1.165) is 52.4 Å². The van der Waals surface area contributed by atoms with Crippen molar-refractivity contribution in [2.24, 2.45) is 11.8 Å². The van der Waals surface area contributed by atoms with E-state index >= 15 is 0 Å². The van der Waals surface area contributed by atoms with Gasteiger partial charge in [-0.05, 0) is 77.0 Å². The highest BCUT2D eigenvalue weighted by Crippen LogP contribution is 1.92. The second kappa shape index (κ2) is 17.2. The van der Waals surface area contributed by atoms with E-state index < -0.39 is 0 Å². The highest BCUT2D eigenvalue weighted by atomic mass is 14.9. The van der Waals surface area contributed by atoms with E-state index in [1.165, 1.54) is 12.8 Å². The number of hydrogen-bond donors (Lipinski definition) is 5. The molecule has 2 atom stereocenters. The van der Waals surface area contributed by atoms with Gasteiger partial charge in [-0.1, -0.05) is 41.5 Å². The number of hydrogen-bond acceptors (Lipinski definition) is 5. The molecule has 0 aromatic rings. The minimum atomic E-state index is 0.584. The van der Waals surface area contributed by atoms with Crippen LogP contribution in [0.5, 0.6) is 0 Å². The normalized spacial score (nSPS) is 14.4. The largest absolute Gasteiger partial charge is 0.317 e. The van der Waals surface area contributed by atoms with Gasteiger partial charge < -0.3 is 26.6 Å². The van der Waals surface area contributed by atoms with E-state index in [-0.39, 0.29) is 0 Å². The topological polar surface area (TPSA) is 60.1 Å². The fourth-order valence-electron chi connectivity index (χ4n) is 2.52. The Morgan fingerprint density at radius 3 is 1.20 bits per heavy atom. The van der Waals surface area contributed by atoms with Crippen LogP contribution in [-0.4, -0.2) is 64.4 Å². The van der Waals surface area contributed by atoms with Crippen molar-refractivity contribution >= 4 is 0 Å². The van der Waals surface area contributed by atoms with Crippen molar-refractivity contribution in [2.45, 2.75) is 66.5 Å². The second-order valence-corrected chi connectivity index (χ2v) is 8.20. The van der Waals surface area contributed by atoms with Gasteiger partial charge in [0.1, 0.15) is 0 Å².